The molecule has 7 nitrogen and oxygen atoms in total. The molecule has 0 saturated heterocycles. The third kappa shape index (κ3) is 3.06. The monoisotopic (exact) mass is 348 g/mol. The second kappa shape index (κ2) is 6.44. The quantitative estimate of drug-likeness (QED) is 0.612. The van der Waals surface area contributed by atoms with Crippen LogP contribution in [-0.2, 0) is 11.3 Å². The first-order valence-corrected chi connectivity index (χ1v) is 8.21. The third-order valence-corrected chi connectivity index (χ3v) is 4.09. The minimum absolute atomic E-state index is 0.151. The molecule has 1 N–H and O–H groups in total. The molecule has 0 aliphatic rings. The average Bonchev–Trinajstić information content (AvgIpc) is 3.01. The Bertz CT molecular complexity index is 1180. The number of aromatic nitrogens is 3. The highest BCUT2D eigenvalue weighted by Crippen LogP contribution is 2.20. The number of nitrogens with one attached hydrogen (secondary N) is 1. The van der Waals surface area contributed by atoms with Crippen LogP contribution in [0.1, 0.15) is 12.3 Å². The van der Waals surface area contributed by atoms with Crippen LogP contribution in [0, 0.1) is 6.92 Å². The summed E-state index contributed by atoms with van der Waals surface area (Å²) in [6.07, 6.45) is 1.63. The van der Waals surface area contributed by atoms with E-state index in [1.165, 1.54) is 10.9 Å². The summed E-state index contributed by atoms with van der Waals surface area (Å²) in [7, 11) is 0. The lowest BCUT2D eigenvalue weighted by Crippen LogP contribution is -2.23. The molecule has 2 heterocycles. The molecule has 4 rings (SSSR count). The normalized spacial score (nSPS) is 11.1. The molecule has 0 bridgehead atoms. The van der Waals surface area contributed by atoms with E-state index in [1.54, 1.807) is 43.3 Å². The van der Waals surface area contributed by atoms with E-state index in [0.717, 1.165) is 5.52 Å². The van der Waals surface area contributed by atoms with E-state index in [0.29, 0.717) is 28.1 Å². The van der Waals surface area contributed by atoms with Crippen LogP contribution >= 0.6 is 0 Å². The minimum Gasteiger partial charge on any atom is -0.441 e. The van der Waals surface area contributed by atoms with Crippen molar-refractivity contribution in [1.29, 1.82) is 0 Å². The number of hydrogen-bond acceptors (Lipinski definition) is 5. The number of nitrogens with zero attached hydrogens (tertiary/aromatic N) is 3. The summed E-state index contributed by atoms with van der Waals surface area (Å²) in [4.78, 5) is 33.1. The van der Waals surface area contributed by atoms with Gasteiger partial charge in [0.1, 0.15) is 5.52 Å². The van der Waals surface area contributed by atoms with E-state index in [2.05, 4.69) is 15.3 Å². The zero-order valence-corrected chi connectivity index (χ0v) is 14.1. The number of para-hydroxylation sites is 1. The zero-order chi connectivity index (χ0) is 18.1. The van der Waals surface area contributed by atoms with Gasteiger partial charge in [-0.1, -0.05) is 12.1 Å². The molecule has 2 aromatic carbocycles. The van der Waals surface area contributed by atoms with Crippen LogP contribution in [0.2, 0.25) is 0 Å². The van der Waals surface area contributed by atoms with Crippen molar-refractivity contribution in [2.24, 2.45) is 0 Å². The van der Waals surface area contributed by atoms with Crippen molar-refractivity contribution in [3.8, 4) is 0 Å². The van der Waals surface area contributed by atoms with Gasteiger partial charge < -0.3 is 9.73 Å². The Labute approximate surface area is 148 Å². The molecule has 0 atom stereocenters. The van der Waals surface area contributed by atoms with Crippen LogP contribution < -0.4 is 10.9 Å². The lowest BCUT2D eigenvalue weighted by molar-refractivity contribution is -0.116. The number of hydrogen-bond donors (Lipinski definition) is 1. The van der Waals surface area contributed by atoms with Gasteiger partial charge in [-0.2, -0.15) is 0 Å². The van der Waals surface area contributed by atoms with Gasteiger partial charge in [0.15, 0.2) is 11.5 Å². The van der Waals surface area contributed by atoms with Gasteiger partial charge in [-0.3, -0.25) is 14.2 Å². The molecule has 26 heavy (non-hydrogen) atoms. The molecule has 0 aliphatic carbocycles. The van der Waals surface area contributed by atoms with E-state index >= 15 is 0 Å². The smallest absolute Gasteiger partial charge is 0.261 e. The Balaban J connectivity index is 1.46. The molecule has 0 fully saturated rings. The van der Waals surface area contributed by atoms with Crippen LogP contribution in [0.25, 0.3) is 22.0 Å². The maximum atomic E-state index is 12.4. The summed E-state index contributed by atoms with van der Waals surface area (Å²) >= 11 is 0. The van der Waals surface area contributed by atoms with Crippen LogP contribution in [-0.4, -0.2) is 20.4 Å². The number of carbonyl (C=O) groups excluding carboxylic acids is 1. The summed E-state index contributed by atoms with van der Waals surface area (Å²) < 4.78 is 6.91. The highest BCUT2D eigenvalue weighted by molar-refractivity contribution is 5.92. The molecule has 0 saturated carbocycles. The van der Waals surface area contributed by atoms with E-state index < -0.39 is 0 Å². The lowest BCUT2D eigenvalue weighted by atomic mass is 10.2. The van der Waals surface area contributed by atoms with E-state index in [4.69, 9.17) is 4.42 Å². The number of benzene rings is 2. The molecular formula is C19H16N4O3. The van der Waals surface area contributed by atoms with Crippen molar-refractivity contribution in [2.45, 2.75) is 19.9 Å². The van der Waals surface area contributed by atoms with E-state index in [-0.39, 0.29) is 24.4 Å². The molecule has 130 valence electrons. The van der Waals surface area contributed by atoms with Gasteiger partial charge in [0.05, 0.1) is 17.2 Å². The summed E-state index contributed by atoms with van der Waals surface area (Å²) in [6.45, 7) is 2.03. The molecule has 0 aliphatic heterocycles. The van der Waals surface area contributed by atoms with Gasteiger partial charge in [0, 0.05) is 31.6 Å². The Morgan fingerprint density at radius 2 is 2.04 bits per heavy atom. The SMILES string of the molecule is Cc1nc2ccc(NC(=O)CCn3cnc4ccccc4c3=O)cc2o1. The Hall–Kier alpha value is -3.48. The zero-order valence-electron chi connectivity index (χ0n) is 14.1. The van der Waals surface area contributed by atoms with Crippen molar-refractivity contribution < 1.29 is 9.21 Å². The third-order valence-electron chi connectivity index (χ3n) is 4.09. The standard InChI is InChI=1S/C19H16N4O3/c1-12-21-16-7-6-13(10-17(16)26-12)22-18(24)8-9-23-11-20-15-5-3-2-4-14(15)19(23)25/h2-7,10-11H,8-9H2,1H3,(H,22,24). The first-order chi connectivity index (χ1) is 12.6. The van der Waals surface area contributed by atoms with Gasteiger partial charge in [0.25, 0.3) is 5.56 Å². The van der Waals surface area contributed by atoms with Gasteiger partial charge in [-0.25, -0.2) is 9.97 Å². The maximum absolute atomic E-state index is 12.4. The summed E-state index contributed by atoms with van der Waals surface area (Å²) in [6, 6.07) is 12.4. The fourth-order valence-corrected chi connectivity index (χ4v) is 2.83. The molecule has 0 radical (unpaired) electrons. The van der Waals surface area contributed by atoms with Crippen molar-refractivity contribution in [1.82, 2.24) is 14.5 Å². The Morgan fingerprint density at radius 1 is 1.19 bits per heavy atom. The van der Waals surface area contributed by atoms with Gasteiger partial charge in [0.2, 0.25) is 5.91 Å². The van der Waals surface area contributed by atoms with Crippen LogP contribution in [0.3, 0.4) is 0 Å². The largest absolute Gasteiger partial charge is 0.441 e. The number of carbonyl (C=O) groups is 1. The predicted octanol–water partition coefficient (Wildman–Crippen LogP) is 2.87. The minimum atomic E-state index is -0.194. The molecule has 0 unspecified atom stereocenters. The van der Waals surface area contributed by atoms with E-state index in [1.807, 2.05) is 6.07 Å². The van der Waals surface area contributed by atoms with Gasteiger partial charge in [-0.15, -0.1) is 0 Å². The lowest BCUT2D eigenvalue weighted by Gasteiger charge is -2.07. The molecular weight excluding hydrogens is 332 g/mol. The molecule has 2 aromatic heterocycles. The summed E-state index contributed by atoms with van der Waals surface area (Å²) in [5.74, 6) is 0.382. The van der Waals surface area contributed by atoms with Crippen molar-refractivity contribution in [3.63, 3.8) is 0 Å². The fraction of sp³-hybridized carbons (Fsp3) is 0.158. The number of rotatable bonds is 4. The first-order valence-electron chi connectivity index (χ1n) is 8.21. The number of fused-ring (bicyclic) bond motifs is 2. The molecule has 4 aromatic rings. The van der Waals surface area contributed by atoms with Gasteiger partial charge in [-0.05, 0) is 24.3 Å². The Morgan fingerprint density at radius 3 is 2.92 bits per heavy atom. The van der Waals surface area contributed by atoms with Gasteiger partial charge >= 0.3 is 0 Å². The highest BCUT2D eigenvalue weighted by Gasteiger charge is 2.08. The van der Waals surface area contributed by atoms with Crippen LogP contribution in [0.15, 0.2) is 58.0 Å². The van der Waals surface area contributed by atoms with Crippen molar-refractivity contribution in [2.75, 3.05) is 5.32 Å². The van der Waals surface area contributed by atoms with Crippen molar-refractivity contribution >= 4 is 33.6 Å². The fourth-order valence-electron chi connectivity index (χ4n) is 2.83. The first kappa shape index (κ1) is 16.0. The second-order valence-electron chi connectivity index (χ2n) is 5.97. The second-order valence-corrected chi connectivity index (χ2v) is 5.97. The summed E-state index contributed by atoms with van der Waals surface area (Å²) in [5, 5.41) is 3.35. The number of oxazole rings is 1. The molecule has 0 spiro atoms. The average molecular weight is 348 g/mol. The number of anilines is 1. The van der Waals surface area contributed by atoms with Crippen LogP contribution in [0.4, 0.5) is 5.69 Å². The molecule has 1 amide bonds. The topological polar surface area (TPSA) is 90.0 Å². The Kier molecular flexibility index (Phi) is 3.96. The van der Waals surface area contributed by atoms with E-state index in [9.17, 15) is 9.59 Å². The summed E-state index contributed by atoms with van der Waals surface area (Å²) in [5.41, 5.74) is 2.49. The van der Waals surface area contributed by atoms with Crippen LogP contribution in [0.5, 0.6) is 0 Å². The number of aryl methyl sites for hydroxylation is 2. The molecule has 7 heteroatoms. The maximum Gasteiger partial charge on any atom is 0.261 e. The van der Waals surface area contributed by atoms with Crippen molar-refractivity contribution in [3.05, 3.63) is 65.0 Å². The number of amides is 1. The predicted molar refractivity (Wildman–Crippen MR) is 98.0 cm³/mol. The highest BCUT2D eigenvalue weighted by atomic mass is 16.3.